The van der Waals surface area contributed by atoms with Gasteiger partial charge in [-0.25, -0.2) is 23.8 Å². The van der Waals surface area contributed by atoms with E-state index in [0.29, 0.717) is 5.56 Å². The number of nitrogens with zero attached hydrogens (tertiary/aromatic N) is 4. The summed E-state index contributed by atoms with van der Waals surface area (Å²) in [4.78, 5) is 32.9. The minimum Gasteiger partial charge on any atom is -0.444 e. The standard InChI is InChI=1S/C19H20ClFN6O3/c1-19(2,3)30-18(29)25-16-14-13(26-27(16)4)15(24-9-23-14)17(28)22-8-10-5-6-12(21)11(20)7-10/h5-7,9H,8H2,1-4H3,(H,22,28)(H,25,29). The van der Waals surface area contributed by atoms with Crippen LogP contribution in [-0.4, -0.2) is 37.3 Å². The molecule has 0 saturated carbocycles. The van der Waals surface area contributed by atoms with Crippen LogP contribution in [0.4, 0.5) is 15.0 Å². The van der Waals surface area contributed by atoms with Crippen molar-refractivity contribution in [2.24, 2.45) is 7.05 Å². The molecule has 0 unspecified atom stereocenters. The second-order valence-electron chi connectivity index (χ2n) is 7.45. The minimum absolute atomic E-state index is 0.0287. The van der Waals surface area contributed by atoms with Crippen LogP contribution in [0.25, 0.3) is 11.0 Å². The van der Waals surface area contributed by atoms with Crippen LogP contribution in [0.3, 0.4) is 0 Å². The van der Waals surface area contributed by atoms with Gasteiger partial charge in [0, 0.05) is 13.6 Å². The van der Waals surface area contributed by atoms with Crippen molar-refractivity contribution in [3.05, 3.63) is 46.6 Å². The van der Waals surface area contributed by atoms with E-state index in [1.165, 1.54) is 29.2 Å². The van der Waals surface area contributed by atoms with Crippen LogP contribution in [0.5, 0.6) is 0 Å². The quantitative estimate of drug-likeness (QED) is 0.650. The molecule has 0 saturated heterocycles. The monoisotopic (exact) mass is 434 g/mol. The summed E-state index contributed by atoms with van der Waals surface area (Å²) in [6.07, 6.45) is 0.527. The number of aryl methyl sites for hydroxylation is 1. The summed E-state index contributed by atoms with van der Waals surface area (Å²) in [5.74, 6) is -0.784. The molecule has 0 fully saturated rings. The Kier molecular flexibility index (Phi) is 5.88. The maximum absolute atomic E-state index is 13.3. The predicted octanol–water partition coefficient (Wildman–Crippen LogP) is 3.43. The van der Waals surface area contributed by atoms with Gasteiger partial charge in [-0.2, -0.15) is 5.10 Å². The summed E-state index contributed by atoms with van der Waals surface area (Å²) in [5, 5.41) is 9.50. The van der Waals surface area contributed by atoms with Crippen LogP contribution in [0.15, 0.2) is 24.5 Å². The van der Waals surface area contributed by atoms with Crippen molar-refractivity contribution in [3.8, 4) is 0 Å². The Balaban J connectivity index is 1.82. The lowest BCUT2D eigenvalue weighted by molar-refractivity contribution is 0.0634. The van der Waals surface area contributed by atoms with Crippen molar-refractivity contribution in [1.29, 1.82) is 0 Å². The molecule has 0 aliphatic heterocycles. The number of ether oxygens (including phenoxy) is 1. The van der Waals surface area contributed by atoms with Gasteiger partial charge in [-0.05, 0) is 38.5 Å². The molecule has 2 amide bonds. The molecule has 0 spiro atoms. The molecule has 0 bridgehead atoms. The molecule has 3 rings (SSSR count). The molecule has 0 aliphatic rings. The highest BCUT2D eigenvalue weighted by molar-refractivity contribution is 6.30. The summed E-state index contributed by atoms with van der Waals surface area (Å²) in [6.45, 7) is 5.34. The summed E-state index contributed by atoms with van der Waals surface area (Å²) in [5.41, 5.74) is 0.463. The Morgan fingerprint density at radius 3 is 2.63 bits per heavy atom. The third-order valence-electron chi connectivity index (χ3n) is 3.89. The molecule has 0 atom stereocenters. The predicted molar refractivity (Wildman–Crippen MR) is 109 cm³/mol. The molecule has 158 valence electrons. The Hall–Kier alpha value is -3.27. The largest absolute Gasteiger partial charge is 0.444 e. The van der Waals surface area contributed by atoms with E-state index in [0.717, 1.165) is 0 Å². The highest BCUT2D eigenvalue weighted by Crippen LogP contribution is 2.23. The van der Waals surface area contributed by atoms with Crippen molar-refractivity contribution in [2.75, 3.05) is 5.32 Å². The van der Waals surface area contributed by atoms with E-state index >= 15 is 0 Å². The molecule has 2 aromatic heterocycles. The molecule has 1 aromatic carbocycles. The van der Waals surface area contributed by atoms with Crippen molar-refractivity contribution in [1.82, 2.24) is 25.1 Å². The van der Waals surface area contributed by atoms with Gasteiger partial charge in [0.05, 0.1) is 5.02 Å². The maximum atomic E-state index is 13.3. The van der Waals surface area contributed by atoms with Crippen molar-refractivity contribution in [3.63, 3.8) is 0 Å². The fraction of sp³-hybridized carbons (Fsp3) is 0.316. The first kappa shape index (κ1) is 21.4. The lowest BCUT2D eigenvalue weighted by Gasteiger charge is -2.19. The molecule has 9 nitrogen and oxygen atoms in total. The molecule has 30 heavy (non-hydrogen) atoms. The molecule has 2 heterocycles. The maximum Gasteiger partial charge on any atom is 0.413 e. The number of anilines is 1. The van der Waals surface area contributed by atoms with Crippen molar-refractivity contribution < 1.29 is 18.7 Å². The van der Waals surface area contributed by atoms with E-state index in [2.05, 4.69) is 25.7 Å². The zero-order chi connectivity index (χ0) is 22.1. The number of carbonyl (C=O) groups is 2. The number of hydrogen-bond acceptors (Lipinski definition) is 6. The van der Waals surface area contributed by atoms with Gasteiger partial charge in [0.2, 0.25) is 0 Å². The third kappa shape index (κ3) is 4.82. The second kappa shape index (κ2) is 8.23. The number of nitrogens with one attached hydrogen (secondary N) is 2. The minimum atomic E-state index is -0.679. The van der Waals surface area contributed by atoms with Crippen molar-refractivity contribution in [2.45, 2.75) is 32.9 Å². The number of hydrogen-bond donors (Lipinski definition) is 2. The van der Waals surface area contributed by atoms with Gasteiger partial charge >= 0.3 is 6.09 Å². The molecule has 0 aliphatic carbocycles. The van der Waals surface area contributed by atoms with E-state index in [1.807, 2.05) is 0 Å². The number of fused-ring (bicyclic) bond motifs is 1. The number of halogens is 2. The number of rotatable bonds is 4. The van der Waals surface area contributed by atoms with Crippen molar-refractivity contribution >= 4 is 40.5 Å². The van der Waals surface area contributed by atoms with E-state index < -0.39 is 23.4 Å². The number of carbonyl (C=O) groups excluding carboxylic acids is 2. The van der Waals surface area contributed by atoms with Gasteiger partial charge in [-0.1, -0.05) is 17.7 Å². The lowest BCUT2D eigenvalue weighted by atomic mass is 10.2. The van der Waals surface area contributed by atoms with Crippen LogP contribution in [-0.2, 0) is 18.3 Å². The zero-order valence-electron chi connectivity index (χ0n) is 16.8. The first-order valence-corrected chi connectivity index (χ1v) is 9.33. The van der Waals surface area contributed by atoms with E-state index in [-0.39, 0.29) is 34.1 Å². The summed E-state index contributed by atoms with van der Waals surface area (Å²) in [7, 11) is 1.59. The van der Waals surface area contributed by atoms with Gasteiger partial charge in [0.1, 0.15) is 28.8 Å². The summed E-state index contributed by atoms with van der Waals surface area (Å²) in [6, 6.07) is 4.16. The average molecular weight is 435 g/mol. The molecular formula is C19H20ClFN6O3. The Bertz CT molecular complexity index is 1130. The first-order chi connectivity index (χ1) is 14.0. The van der Waals surface area contributed by atoms with Crippen LogP contribution < -0.4 is 10.6 Å². The van der Waals surface area contributed by atoms with Gasteiger partial charge in [-0.3, -0.25) is 10.1 Å². The highest BCUT2D eigenvalue weighted by atomic mass is 35.5. The van der Waals surface area contributed by atoms with E-state index in [9.17, 15) is 14.0 Å². The fourth-order valence-electron chi connectivity index (χ4n) is 2.62. The highest BCUT2D eigenvalue weighted by Gasteiger charge is 2.23. The van der Waals surface area contributed by atoms with Crippen LogP contribution in [0.2, 0.25) is 5.02 Å². The van der Waals surface area contributed by atoms with Gasteiger partial charge in [0.15, 0.2) is 11.5 Å². The Morgan fingerprint density at radius 1 is 1.23 bits per heavy atom. The second-order valence-corrected chi connectivity index (χ2v) is 7.86. The zero-order valence-corrected chi connectivity index (χ0v) is 17.5. The summed E-state index contributed by atoms with van der Waals surface area (Å²) < 4.78 is 19.9. The van der Waals surface area contributed by atoms with Gasteiger partial charge in [-0.15, -0.1) is 0 Å². The number of benzene rings is 1. The average Bonchev–Trinajstić information content (AvgIpc) is 2.96. The van der Waals surface area contributed by atoms with E-state index in [1.54, 1.807) is 27.8 Å². The molecule has 0 radical (unpaired) electrons. The molecule has 11 heteroatoms. The normalized spacial score (nSPS) is 11.4. The lowest BCUT2D eigenvalue weighted by Crippen LogP contribution is -2.28. The topological polar surface area (TPSA) is 111 Å². The van der Waals surface area contributed by atoms with Gasteiger partial charge in [0.25, 0.3) is 5.91 Å². The van der Waals surface area contributed by atoms with Crippen LogP contribution in [0, 0.1) is 5.82 Å². The fourth-order valence-corrected chi connectivity index (χ4v) is 2.83. The Labute approximate surface area is 176 Å². The van der Waals surface area contributed by atoms with Gasteiger partial charge < -0.3 is 10.1 Å². The first-order valence-electron chi connectivity index (χ1n) is 8.95. The number of aromatic nitrogens is 4. The van der Waals surface area contributed by atoms with Crippen LogP contribution >= 0.6 is 11.6 Å². The summed E-state index contributed by atoms with van der Waals surface area (Å²) >= 11 is 5.76. The smallest absolute Gasteiger partial charge is 0.413 e. The molecule has 3 aromatic rings. The molecular weight excluding hydrogens is 415 g/mol. The Morgan fingerprint density at radius 2 is 1.97 bits per heavy atom. The SMILES string of the molecule is Cn1nc2c(C(=O)NCc3ccc(F)c(Cl)c3)ncnc2c1NC(=O)OC(C)(C)C. The molecule has 2 N–H and O–H groups in total. The number of amides is 2. The van der Waals surface area contributed by atoms with Crippen LogP contribution in [0.1, 0.15) is 36.8 Å². The van der Waals surface area contributed by atoms with E-state index in [4.69, 9.17) is 16.3 Å². The third-order valence-corrected chi connectivity index (χ3v) is 4.18.